The van der Waals surface area contributed by atoms with Crippen LogP contribution in [0.4, 0.5) is 13.2 Å². The van der Waals surface area contributed by atoms with E-state index in [1.807, 2.05) is 6.08 Å². The van der Waals surface area contributed by atoms with Gasteiger partial charge in [0.15, 0.2) is 16.7 Å². The van der Waals surface area contributed by atoms with Crippen LogP contribution in [-0.4, -0.2) is 5.11 Å². The molecular weight excluding hydrogens is 297 g/mol. The first-order chi connectivity index (χ1) is 10.0. The summed E-state index contributed by atoms with van der Waals surface area (Å²) in [7, 11) is 0. The first-order valence-electron chi connectivity index (χ1n) is 6.61. The van der Waals surface area contributed by atoms with E-state index in [1.165, 1.54) is 0 Å². The molecule has 0 saturated heterocycles. The van der Waals surface area contributed by atoms with Crippen molar-refractivity contribution >= 4 is 22.9 Å². The number of thiocarbonyl (C=S) groups is 1. The van der Waals surface area contributed by atoms with Crippen molar-refractivity contribution < 1.29 is 13.2 Å². The van der Waals surface area contributed by atoms with Crippen LogP contribution in [0.3, 0.4) is 0 Å². The highest BCUT2D eigenvalue weighted by molar-refractivity contribution is 7.80. The Morgan fingerprint density at radius 1 is 1.29 bits per heavy atom. The zero-order valence-electron chi connectivity index (χ0n) is 11.0. The van der Waals surface area contributed by atoms with E-state index < -0.39 is 17.5 Å². The second kappa shape index (κ2) is 5.52. The zero-order valence-corrected chi connectivity index (χ0v) is 11.8. The van der Waals surface area contributed by atoms with Gasteiger partial charge in [-0.15, -0.1) is 0 Å². The van der Waals surface area contributed by atoms with Crippen molar-refractivity contribution in [2.75, 3.05) is 0 Å². The van der Waals surface area contributed by atoms with Gasteiger partial charge in [-0.25, -0.2) is 18.5 Å². The molecular formula is C15H12F3N2S. The number of benzene rings is 1. The number of nitrogens with one attached hydrogen (secondary N) is 1. The molecule has 2 aliphatic rings. The van der Waals surface area contributed by atoms with E-state index in [9.17, 15) is 13.2 Å². The highest BCUT2D eigenvalue weighted by Gasteiger charge is 2.27. The van der Waals surface area contributed by atoms with Gasteiger partial charge in [-0.3, -0.25) is 0 Å². The first kappa shape index (κ1) is 14.1. The maximum absolute atomic E-state index is 13.9. The molecule has 0 amide bonds. The molecule has 1 atom stereocenters. The van der Waals surface area contributed by atoms with Crippen LogP contribution in [0.1, 0.15) is 24.8 Å². The summed E-state index contributed by atoms with van der Waals surface area (Å²) in [5.74, 6) is -2.95. The molecule has 1 aliphatic heterocycles. The fourth-order valence-corrected chi connectivity index (χ4v) is 2.94. The van der Waals surface area contributed by atoms with Gasteiger partial charge in [0.1, 0.15) is 5.82 Å². The van der Waals surface area contributed by atoms with Crippen LogP contribution in [-0.2, 0) is 0 Å². The van der Waals surface area contributed by atoms with E-state index in [4.69, 9.17) is 12.2 Å². The predicted octanol–water partition coefficient (Wildman–Crippen LogP) is 3.62. The van der Waals surface area contributed by atoms with Crippen molar-refractivity contribution in [3.05, 3.63) is 53.1 Å². The molecule has 1 N–H and O–H groups in total. The number of nitrogens with zero attached hydrogens (tertiary/aromatic N) is 1. The summed E-state index contributed by atoms with van der Waals surface area (Å²) in [4.78, 5) is 0. The molecule has 2 nitrogen and oxygen atoms in total. The van der Waals surface area contributed by atoms with E-state index in [1.54, 1.807) is 6.20 Å². The topological polar surface area (TPSA) is 26.1 Å². The molecule has 1 aromatic carbocycles. The standard InChI is InChI=1S/C15H12F3N2S/c16-9-5-12(14(18)13(17)6-9)11-3-1-2-8(11)4-10-7-19-15(21)20-10/h3,5-8H,1-2,4H2,(H,19,21). The van der Waals surface area contributed by atoms with Crippen LogP contribution in [0.5, 0.6) is 0 Å². The minimum Gasteiger partial charge on any atom is -0.336 e. The number of rotatable bonds is 3. The first-order valence-corrected chi connectivity index (χ1v) is 7.01. The van der Waals surface area contributed by atoms with Gasteiger partial charge >= 0.3 is 0 Å². The molecule has 0 bridgehead atoms. The van der Waals surface area contributed by atoms with Crippen molar-refractivity contribution in [1.82, 2.24) is 10.6 Å². The minimum absolute atomic E-state index is 0.00383. The van der Waals surface area contributed by atoms with Gasteiger partial charge in [0.2, 0.25) is 0 Å². The van der Waals surface area contributed by atoms with Crippen molar-refractivity contribution in [1.29, 1.82) is 0 Å². The lowest BCUT2D eigenvalue weighted by atomic mass is 9.90. The summed E-state index contributed by atoms with van der Waals surface area (Å²) in [6.07, 6.45) is 5.66. The van der Waals surface area contributed by atoms with Crippen LogP contribution in [0, 0.1) is 23.4 Å². The Labute approximate surface area is 125 Å². The molecule has 0 fully saturated rings. The lowest BCUT2D eigenvalue weighted by Crippen LogP contribution is -2.16. The highest BCUT2D eigenvalue weighted by atomic mass is 32.1. The highest BCUT2D eigenvalue weighted by Crippen LogP contribution is 2.39. The van der Waals surface area contributed by atoms with Crippen LogP contribution < -0.4 is 10.6 Å². The average Bonchev–Trinajstić information content (AvgIpc) is 3.04. The molecule has 0 spiro atoms. The minimum atomic E-state index is -1.16. The van der Waals surface area contributed by atoms with E-state index in [2.05, 4.69) is 10.6 Å². The van der Waals surface area contributed by atoms with Gasteiger partial charge in [-0.2, -0.15) is 0 Å². The van der Waals surface area contributed by atoms with Gasteiger partial charge < -0.3 is 5.32 Å². The van der Waals surface area contributed by atoms with Crippen molar-refractivity contribution in [2.24, 2.45) is 5.92 Å². The third-order valence-corrected chi connectivity index (χ3v) is 3.90. The zero-order chi connectivity index (χ0) is 15.0. The summed E-state index contributed by atoms with van der Waals surface area (Å²) in [5, 5.41) is 7.37. The van der Waals surface area contributed by atoms with Crippen molar-refractivity contribution in [3.63, 3.8) is 0 Å². The van der Waals surface area contributed by atoms with E-state index in [0.29, 0.717) is 23.2 Å². The molecule has 6 heteroatoms. The lowest BCUT2D eigenvalue weighted by Gasteiger charge is -2.16. The van der Waals surface area contributed by atoms with Crippen LogP contribution >= 0.6 is 12.2 Å². The molecule has 1 aromatic rings. The van der Waals surface area contributed by atoms with Gasteiger partial charge in [0, 0.05) is 17.8 Å². The third-order valence-electron chi connectivity index (χ3n) is 3.69. The quantitative estimate of drug-likeness (QED) is 0.682. The Morgan fingerprint density at radius 2 is 2.10 bits per heavy atom. The van der Waals surface area contributed by atoms with Crippen LogP contribution in [0.25, 0.3) is 5.57 Å². The molecule has 3 rings (SSSR count). The Hall–Kier alpha value is -1.82. The number of allylic oxidation sites excluding steroid dienone is 3. The molecule has 21 heavy (non-hydrogen) atoms. The lowest BCUT2D eigenvalue weighted by molar-refractivity contribution is 0.490. The summed E-state index contributed by atoms with van der Waals surface area (Å²) in [6, 6.07) is 1.60. The van der Waals surface area contributed by atoms with Gasteiger partial charge in [-0.1, -0.05) is 6.08 Å². The fraction of sp³-hybridized carbons (Fsp3) is 0.267. The van der Waals surface area contributed by atoms with E-state index >= 15 is 0 Å². The summed E-state index contributed by atoms with van der Waals surface area (Å²) >= 11 is 4.91. The molecule has 1 aliphatic carbocycles. The smallest absolute Gasteiger partial charge is 0.197 e. The monoisotopic (exact) mass is 309 g/mol. The Bertz CT molecular complexity index is 667. The van der Waals surface area contributed by atoms with Gasteiger partial charge in [0.25, 0.3) is 0 Å². The molecule has 0 saturated carbocycles. The molecule has 1 unspecified atom stereocenters. The number of halogens is 3. The van der Waals surface area contributed by atoms with Crippen molar-refractivity contribution in [2.45, 2.75) is 19.3 Å². The van der Waals surface area contributed by atoms with Crippen LogP contribution in [0.2, 0.25) is 0 Å². The second-order valence-corrected chi connectivity index (χ2v) is 5.47. The Balaban J connectivity index is 1.86. The maximum Gasteiger partial charge on any atom is 0.197 e. The average molecular weight is 309 g/mol. The summed E-state index contributed by atoms with van der Waals surface area (Å²) in [5.41, 5.74) is 1.42. The Morgan fingerprint density at radius 3 is 2.81 bits per heavy atom. The summed E-state index contributed by atoms with van der Waals surface area (Å²) in [6.45, 7) is 0. The van der Waals surface area contributed by atoms with Gasteiger partial charge in [0.05, 0.1) is 5.70 Å². The van der Waals surface area contributed by atoms with Gasteiger partial charge in [-0.05, 0) is 49.0 Å². The van der Waals surface area contributed by atoms with E-state index in [-0.39, 0.29) is 11.5 Å². The Kier molecular flexibility index (Phi) is 3.71. The maximum atomic E-state index is 13.9. The van der Waals surface area contributed by atoms with E-state index in [0.717, 1.165) is 24.6 Å². The molecule has 109 valence electrons. The number of hydrogen-bond donors (Lipinski definition) is 1. The normalized spacial score (nSPS) is 20.9. The SMILES string of the molecule is Fc1cc(F)c(F)c(C2=CCCC2CC2=CNC(=S)[N]2)c1. The fourth-order valence-electron chi connectivity index (χ4n) is 2.77. The molecule has 0 aromatic heterocycles. The van der Waals surface area contributed by atoms with Crippen molar-refractivity contribution in [3.8, 4) is 0 Å². The summed E-state index contributed by atoms with van der Waals surface area (Å²) < 4.78 is 40.7. The third kappa shape index (κ3) is 2.81. The largest absolute Gasteiger partial charge is 0.336 e. The second-order valence-electron chi connectivity index (χ2n) is 5.08. The number of hydrogen-bond acceptors (Lipinski definition) is 1. The molecule has 1 radical (unpaired) electrons. The van der Waals surface area contributed by atoms with Crippen LogP contribution in [0.15, 0.2) is 30.1 Å². The predicted molar refractivity (Wildman–Crippen MR) is 77.6 cm³/mol. The molecule has 1 heterocycles.